The van der Waals surface area contributed by atoms with E-state index >= 15 is 0 Å². The average Bonchev–Trinajstić information content (AvgIpc) is 3.17. The molecule has 0 spiro atoms. The highest BCUT2D eigenvalue weighted by Gasteiger charge is 2.29. The molecular formula is C28H26N2O5. The number of hydrogen-bond donors (Lipinski definition) is 3. The Balaban J connectivity index is 1.43. The molecule has 0 aliphatic heterocycles. The molecule has 3 aromatic carbocycles. The van der Waals surface area contributed by atoms with Crippen molar-refractivity contribution >= 4 is 23.7 Å². The van der Waals surface area contributed by atoms with E-state index in [2.05, 4.69) is 29.3 Å². The van der Waals surface area contributed by atoms with Crippen molar-refractivity contribution in [1.82, 2.24) is 5.32 Å². The number of nitrogens with one attached hydrogen (secondary N) is 2. The van der Waals surface area contributed by atoms with Gasteiger partial charge >= 0.3 is 12.1 Å². The van der Waals surface area contributed by atoms with E-state index in [0.29, 0.717) is 11.3 Å². The summed E-state index contributed by atoms with van der Waals surface area (Å²) >= 11 is 0. The molecule has 0 heterocycles. The van der Waals surface area contributed by atoms with E-state index in [4.69, 9.17) is 4.74 Å². The van der Waals surface area contributed by atoms with Crippen LogP contribution in [0.4, 0.5) is 10.5 Å². The highest BCUT2D eigenvalue weighted by molar-refractivity contribution is 5.99. The van der Waals surface area contributed by atoms with Crippen molar-refractivity contribution in [2.24, 2.45) is 0 Å². The Morgan fingerprint density at radius 3 is 2.23 bits per heavy atom. The minimum atomic E-state index is -1.09. The van der Waals surface area contributed by atoms with Gasteiger partial charge in [-0.25, -0.2) is 9.59 Å². The molecule has 7 heteroatoms. The van der Waals surface area contributed by atoms with Crippen molar-refractivity contribution < 1.29 is 24.2 Å². The second kappa shape index (κ2) is 10.3. The number of anilines is 1. The van der Waals surface area contributed by atoms with Gasteiger partial charge in [0, 0.05) is 11.6 Å². The summed E-state index contributed by atoms with van der Waals surface area (Å²) in [7, 11) is 0. The fourth-order valence-corrected chi connectivity index (χ4v) is 4.40. The Bertz CT molecular complexity index is 1250. The summed E-state index contributed by atoms with van der Waals surface area (Å²) in [5, 5.41) is 14.6. The predicted molar refractivity (Wildman–Crippen MR) is 134 cm³/mol. The first-order chi connectivity index (χ1) is 16.9. The maximum Gasteiger partial charge on any atom is 0.407 e. The molecule has 0 fully saturated rings. The summed E-state index contributed by atoms with van der Waals surface area (Å²) in [5.74, 6) is -1.68. The lowest BCUT2D eigenvalue weighted by Gasteiger charge is -2.19. The van der Waals surface area contributed by atoms with Crippen LogP contribution >= 0.6 is 0 Å². The van der Waals surface area contributed by atoms with Crippen LogP contribution in [0.25, 0.3) is 11.1 Å². The van der Waals surface area contributed by atoms with Crippen molar-refractivity contribution in [2.45, 2.75) is 25.3 Å². The first kappa shape index (κ1) is 23.8. The van der Waals surface area contributed by atoms with Crippen molar-refractivity contribution in [3.63, 3.8) is 0 Å². The maximum atomic E-state index is 12.9. The third-order valence-electron chi connectivity index (χ3n) is 6.18. The van der Waals surface area contributed by atoms with Crippen LogP contribution in [0.15, 0.2) is 79.4 Å². The molecule has 4 rings (SSSR count). The average molecular weight is 471 g/mol. The SMILES string of the molecule is C=CCC(NC(=O)OCC1c2ccccc2-c2ccccc21)C(=O)Nc1cccc(C(=O)O)c1C. The third kappa shape index (κ3) is 4.94. The highest BCUT2D eigenvalue weighted by atomic mass is 16.5. The summed E-state index contributed by atoms with van der Waals surface area (Å²) in [6.07, 6.45) is 0.979. The normalized spacial score (nSPS) is 12.7. The highest BCUT2D eigenvalue weighted by Crippen LogP contribution is 2.44. The summed E-state index contributed by atoms with van der Waals surface area (Å²) in [5.41, 5.74) is 5.31. The molecule has 0 aromatic heterocycles. The second-order valence-electron chi connectivity index (χ2n) is 8.32. The van der Waals surface area contributed by atoms with E-state index in [0.717, 1.165) is 22.3 Å². The van der Waals surface area contributed by atoms with E-state index in [1.54, 1.807) is 19.1 Å². The van der Waals surface area contributed by atoms with E-state index in [1.165, 1.54) is 12.1 Å². The number of rotatable bonds is 8. The van der Waals surface area contributed by atoms with Gasteiger partial charge in [-0.3, -0.25) is 4.79 Å². The van der Waals surface area contributed by atoms with E-state index in [1.807, 2.05) is 36.4 Å². The molecule has 3 N–H and O–H groups in total. The third-order valence-corrected chi connectivity index (χ3v) is 6.18. The zero-order chi connectivity index (χ0) is 24.9. The Morgan fingerprint density at radius 2 is 1.63 bits per heavy atom. The van der Waals surface area contributed by atoms with Crippen LogP contribution in [0.2, 0.25) is 0 Å². The Hall–Kier alpha value is -4.39. The molecule has 1 aliphatic rings. The lowest BCUT2D eigenvalue weighted by molar-refractivity contribution is -0.118. The lowest BCUT2D eigenvalue weighted by Crippen LogP contribution is -2.44. The number of benzene rings is 3. The number of ether oxygens (including phenoxy) is 1. The number of carbonyl (C=O) groups is 3. The summed E-state index contributed by atoms with van der Waals surface area (Å²) in [6.45, 7) is 5.40. The molecule has 0 saturated heterocycles. The fraction of sp³-hybridized carbons (Fsp3) is 0.179. The van der Waals surface area contributed by atoms with Crippen molar-refractivity contribution in [1.29, 1.82) is 0 Å². The number of aromatic carboxylic acids is 1. The van der Waals surface area contributed by atoms with Gasteiger partial charge in [0.1, 0.15) is 12.6 Å². The van der Waals surface area contributed by atoms with Gasteiger partial charge in [-0.05, 0) is 53.3 Å². The molecular weight excluding hydrogens is 444 g/mol. The molecule has 1 atom stereocenters. The zero-order valence-corrected chi connectivity index (χ0v) is 19.3. The van der Waals surface area contributed by atoms with Crippen LogP contribution in [0.1, 0.15) is 39.4 Å². The van der Waals surface area contributed by atoms with Gasteiger partial charge < -0.3 is 20.5 Å². The molecule has 178 valence electrons. The summed E-state index contributed by atoms with van der Waals surface area (Å²) in [4.78, 5) is 36.9. The largest absolute Gasteiger partial charge is 0.478 e. The van der Waals surface area contributed by atoms with Crippen LogP contribution in [-0.2, 0) is 9.53 Å². The van der Waals surface area contributed by atoms with E-state index < -0.39 is 24.0 Å². The van der Waals surface area contributed by atoms with E-state index in [-0.39, 0.29) is 24.5 Å². The number of hydrogen-bond acceptors (Lipinski definition) is 4. The molecule has 7 nitrogen and oxygen atoms in total. The van der Waals surface area contributed by atoms with Crippen molar-refractivity contribution in [3.8, 4) is 11.1 Å². The zero-order valence-electron chi connectivity index (χ0n) is 19.3. The predicted octanol–water partition coefficient (Wildman–Crippen LogP) is 5.12. The first-order valence-corrected chi connectivity index (χ1v) is 11.3. The molecule has 3 aromatic rings. The van der Waals surface area contributed by atoms with Crippen molar-refractivity contribution in [2.75, 3.05) is 11.9 Å². The Labute approximate surface area is 203 Å². The van der Waals surface area contributed by atoms with Gasteiger partial charge in [-0.2, -0.15) is 0 Å². The van der Waals surface area contributed by atoms with Crippen LogP contribution < -0.4 is 10.6 Å². The monoisotopic (exact) mass is 470 g/mol. The number of carboxylic acid groups (broad SMARTS) is 1. The van der Waals surface area contributed by atoms with Crippen LogP contribution in [0.5, 0.6) is 0 Å². The number of alkyl carbamates (subject to hydrolysis) is 1. The Morgan fingerprint density at radius 1 is 1.00 bits per heavy atom. The van der Waals surface area contributed by atoms with Crippen LogP contribution in [0.3, 0.4) is 0 Å². The molecule has 0 radical (unpaired) electrons. The number of carboxylic acids is 1. The standard InChI is InChI=1S/C28H26N2O5/c1-3-9-25(26(31)29-24-15-8-14-18(17(24)2)27(32)33)30-28(34)35-16-23-21-12-6-4-10-19(21)20-11-5-7-13-22(20)23/h3-8,10-15,23,25H,1,9,16H2,2H3,(H,29,31)(H,30,34)(H,32,33). The molecule has 35 heavy (non-hydrogen) atoms. The number of fused-ring (bicyclic) bond motifs is 3. The van der Waals surface area contributed by atoms with E-state index in [9.17, 15) is 19.5 Å². The lowest BCUT2D eigenvalue weighted by atomic mass is 9.98. The van der Waals surface area contributed by atoms with Gasteiger partial charge in [-0.1, -0.05) is 60.7 Å². The van der Waals surface area contributed by atoms with Gasteiger partial charge in [0.25, 0.3) is 0 Å². The molecule has 0 bridgehead atoms. The van der Waals surface area contributed by atoms with Gasteiger partial charge in [0.05, 0.1) is 5.56 Å². The first-order valence-electron chi connectivity index (χ1n) is 11.3. The van der Waals surface area contributed by atoms with Crippen LogP contribution in [-0.4, -0.2) is 35.7 Å². The van der Waals surface area contributed by atoms with Gasteiger partial charge in [-0.15, -0.1) is 6.58 Å². The van der Waals surface area contributed by atoms with Gasteiger partial charge in [0.15, 0.2) is 0 Å². The minimum Gasteiger partial charge on any atom is -0.478 e. The Kier molecular flexibility index (Phi) is 6.96. The summed E-state index contributed by atoms with van der Waals surface area (Å²) in [6, 6.07) is 19.7. The molecule has 0 saturated carbocycles. The van der Waals surface area contributed by atoms with Crippen molar-refractivity contribution in [3.05, 3.63) is 102 Å². The number of carbonyl (C=O) groups excluding carboxylic acids is 2. The molecule has 2 amide bonds. The topological polar surface area (TPSA) is 105 Å². The number of amides is 2. The maximum absolute atomic E-state index is 12.9. The summed E-state index contributed by atoms with van der Waals surface area (Å²) < 4.78 is 5.55. The fourth-order valence-electron chi connectivity index (χ4n) is 4.40. The smallest absolute Gasteiger partial charge is 0.407 e. The molecule has 1 aliphatic carbocycles. The molecule has 1 unspecified atom stereocenters. The van der Waals surface area contributed by atoms with Gasteiger partial charge in [0.2, 0.25) is 5.91 Å². The minimum absolute atomic E-state index is 0.0903. The second-order valence-corrected chi connectivity index (χ2v) is 8.32. The quantitative estimate of drug-likeness (QED) is 0.397. The van der Waals surface area contributed by atoms with Crippen LogP contribution in [0, 0.1) is 6.92 Å².